The molecule has 3 saturated heterocycles. The number of ether oxygens (including phenoxy) is 3. The van der Waals surface area contributed by atoms with E-state index in [4.69, 9.17) is 19.2 Å². The summed E-state index contributed by atoms with van der Waals surface area (Å²) in [5.41, 5.74) is 2.48. The van der Waals surface area contributed by atoms with Crippen molar-refractivity contribution in [3.63, 3.8) is 0 Å². The number of anilines is 3. The number of nitriles is 1. The van der Waals surface area contributed by atoms with Gasteiger partial charge in [-0.25, -0.2) is 18.7 Å². The van der Waals surface area contributed by atoms with E-state index in [2.05, 4.69) is 38.1 Å². The standard InChI is InChI=1S/C33H38F2N8O5/c1-20-16-42(23-17-47-18-23)11-12-43(20)26-4-6-28(40-32(26)46-2)39-29-14-25(37-19-38-29)21-3-5-27(22(13-21)15-36)48-24-7-9-41(10-8-24)33(45)30(44)31(34)35/h3-6,13-14,19-20,23-24,30-31,44H,7-12,16-18H2,1-2H3,(H,37,38,39,40)/t20-,30+/m1/s1. The second-order valence-corrected chi connectivity index (χ2v) is 12.1. The molecule has 3 aromatic rings. The summed E-state index contributed by atoms with van der Waals surface area (Å²) in [6.45, 7) is 6.90. The summed E-state index contributed by atoms with van der Waals surface area (Å²) in [6.07, 6.45) is -3.61. The zero-order valence-electron chi connectivity index (χ0n) is 26.8. The van der Waals surface area contributed by atoms with E-state index in [1.54, 1.807) is 31.4 Å². The second-order valence-electron chi connectivity index (χ2n) is 12.1. The molecule has 15 heteroatoms. The molecule has 5 heterocycles. The van der Waals surface area contributed by atoms with Crippen LogP contribution in [0.2, 0.25) is 0 Å². The molecule has 2 aromatic heterocycles. The summed E-state index contributed by atoms with van der Waals surface area (Å²) < 4.78 is 42.6. The van der Waals surface area contributed by atoms with Crippen molar-refractivity contribution < 1.29 is 32.9 Å². The van der Waals surface area contributed by atoms with Crippen molar-refractivity contribution in [1.29, 1.82) is 5.26 Å². The molecule has 13 nitrogen and oxygen atoms in total. The zero-order valence-corrected chi connectivity index (χ0v) is 26.8. The lowest BCUT2D eigenvalue weighted by molar-refractivity contribution is -0.150. The average molecular weight is 665 g/mol. The third-order valence-electron chi connectivity index (χ3n) is 9.00. The Labute approximate surface area is 277 Å². The normalized spacial score (nSPS) is 19.8. The largest absolute Gasteiger partial charge is 0.489 e. The van der Waals surface area contributed by atoms with Crippen LogP contribution in [0.1, 0.15) is 25.3 Å². The smallest absolute Gasteiger partial charge is 0.273 e. The van der Waals surface area contributed by atoms with Crippen molar-refractivity contribution in [2.24, 2.45) is 0 Å². The minimum Gasteiger partial charge on any atom is -0.489 e. The lowest BCUT2D eigenvalue weighted by atomic mass is 10.1. The Morgan fingerprint density at radius 3 is 2.56 bits per heavy atom. The predicted octanol–water partition coefficient (Wildman–Crippen LogP) is 3.07. The lowest BCUT2D eigenvalue weighted by Gasteiger charge is -2.46. The minimum absolute atomic E-state index is 0.167. The van der Waals surface area contributed by atoms with Crippen molar-refractivity contribution in [3.8, 4) is 29.0 Å². The molecule has 48 heavy (non-hydrogen) atoms. The van der Waals surface area contributed by atoms with Gasteiger partial charge in [0.15, 0.2) is 6.10 Å². The van der Waals surface area contributed by atoms with E-state index in [1.165, 1.54) is 11.2 Å². The van der Waals surface area contributed by atoms with Crippen LogP contribution in [0.3, 0.4) is 0 Å². The van der Waals surface area contributed by atoms with Gasteiger partial charge >= 0.3 is 0 Å². The number of halogens is 2. The van der Waals surface area contributed by atoms with Crippen molar-refractivity contribution in [2.45, 2.75) is 50.5 Å². The van der Waals surface area contributed by atoms with E-state index in [0.29, 0.717) is 59.0 Å². The molecule has 0 radical (unpaired) electrons. The molecule has 1 aromatic carbocycles. The first-order valence-corrected chi connectivity index (χ1v) is 15.9. The molecule has 1 amide bonds. The van der Waals surface area contributed by atoms with Crippen LogP contribution >= 0.6 is 0 Å². The van der Waals surface area contributed by atoms with Crippen LogP contribution < -0.4 is 19.7 Å². The fourth-order valence-corrected chi connectivity index (χ4v) is 6.24. The van der Waals surface area contributed by atoms with Crippen LogP contribution in [0, 0.1) is 11.3 Å². The highest BCUT2D eigenvalue weighted by molar-refractivity contribution is 5.81. The van der Waals surface area contributed by atoms with Gasteiger partial charge in [0.1, 0.15) is 41.6 Å². The summed E-state index contributed by atoms with van der Waals surface area (Å²) in [6, 6.07) is 13.7. The number of methoxy groups -OCH3 is 1. The van der Waals surface area contributed by atoms with Gasteiger partial charge in [-0.1, -0.05) is 0 Å². The van der Waals surface area contributed by atoms with Crippen LogP contribution in [0.4, 0.5) is 26.1 Å². The lowest BCUT2D eigenvalue weighted by Crippen LogP contribution is -2.59. The molecule has 0 unspecified atom stereocenters. The Bertz CT molecular complexity index is 1650. The number of carbonyl (C=O) groups excluding carboxylic acids is 1. The molecule has 3 aliphatic rings. The molecule has 3 aliphatic heterocycles. The summed E-state index contributed by atoms with van der Waals surface area (Å²) in [4.78, 5) is 31.5. The van der Waals surface area contributed by atoms with Gasteiger partial charge in [0, 0.05) is 63.2 Å². The van der Waals surface area contributed by atoms with E-state index >= 15 is 0 Å². The van der Waals surface area contributed by atoms with E-state index in [9.17, 15) is 23.9 Å². The number of piperazine rings is 1. The number of nitrogens with zero attached hydrogens (tertiary/aromatic N) is 7. The van der Waals surface area contributed by atoms with E-state index in [1.807, 2.05) is 12.1 Å². The zero-order chi connectivity index (χ0) is 33.8. The number of alkyl halides is 2. The first-order chi connectivity index (χ1) is 23.2. The Hall–Kier alpha value is -4.65. The van der Waals surface area contributed by atoms with Crippen molar-refractivity contribution in [2.75, 3.05) is 63.3 Å². The summed E-state index contributed by atoms with van der Waals surface area (Å²) in [5.74, 6) is 0.949. The van der Waals surface area contributed by atoms with Gasteiger partial charge in [-0.3, -0.25) is 9.69 Å². The van der Waals surface area contributed by atoms with Crippen LogP contribution in [-0.2, 0) is 9.53 Å². The number of piperidine rings is 1. The van der Waals surface area contributed by atoms with Crippen molar-refractivity contribution >= 4 is 23.2 Å². The number of pyridine rings is 1. The van der Waals surface area contributed by atoms with Crippen molar-refractivity contribution in [1.82, 2.24) is 24.8 Å². The monoisotopic (exact) mass is 664 g/mol. The van der Waals surface area contributed by atoms with Gasteiger partial charge in [0.2, 0.25) is 5.88 Å². The maximum atomic E-state index is 12.7. The Kier molecular flexibility index (Phi) is 10.1. The van der Waals surface area contributed by atoms with Gasteiger partial charge in [-0.05, 0) is 37.3 Å². The van der Waals surface area contributed by atoms with E-state index in [-0.39, 0.29) is 25.2 Å². The highest BCUT2D eigenvalue weighted by Gasteiger charge is 2.34. The Morgan fingerprint density at radius 1 is 1.10 bits per heavy atom. The molecule has 0 bridgehead atoms. The predicted molar refractivity (Wildman–Crippen MR) is 171 cm³/mol. The number of hydrogen-bond acceptors (Lipinski definition) is 12. The molecule has 254 valence electrons. The molecule has 0 spiro atoms. The van der Waals surface area contributed by atoms with Gasteiger partial charge in [-0.15, -0.1) is 0 Å². The van der Waals surface area contributed by atoms with Gasteiger partial charge < -0.3 is 34.4 Å². The Balaban J connectivity index is 1.09. The highest BCUT2D eigenvalue weighted by atomic mass is 19.3. The van der Waals surface area contributed by atoms with E-state index in [0.717, 1.165) is 38.5 Å². The molecule has 0 aliphatic carbocycles. The maximum absolute atomic E-state index is 12.7. The van der Waals surface area contributed by atoms with Crippen LogP contribution in [0.5, 0.6) is 11.6 Å². The van der Waals surface area contributed by atoms with Crippen LogP contribution in [0.15, 0.2) is 42.7 Å². The van der Waals surface area contributed by atoms with Gasteiger partial charge in [0.05, 0.1) is 37.6 Å². The summed E-state index contributed by atoms with van der Waals surface area (Å²) in [7, 11) is 1.61. The molecular weight excluding hydrogens is 626 g/mol. The third-order valence-corrected chi connectivity index (χ3v) is 9.00. The number of nitrogens with one attached hydrogen (secondary N) is 1. The van der Waals surface area contributed by atoms with Crippen LogP contribution in [0.25, 0.3) is 11.3 Å². The average Bonchev–Trinajstić information content (AvgIpc) is 3.07. The minimum atomic E-state index is -3.13. The molecule has 3 fully saturated rings. The quantitative estimate of drug-likeness (QED) is 0.328. The number of aromatic nitrogens is 3. The van der Waals surface area contributed by atoms with E-state index < -0.39 is 18.4 Å². The summed E-state index contributed by atoms with van der Waals surface area (Å²) in [5, 5.41) is 22.5. The van der Waals surface area contributed by atoms with Gasteiger partial charge in [0.25, 0.3) is 12.3 Å². The first kappa shape index (κ1) is 33.3. The molecule has 2 atom stereocenters. The number of aliphatic hydroxyl groups excluding tert-OH is 1. The number of rotatable bonds is 10. The second kappa shape index (κ2) is 14.6. The molecule has 6 rings (SSSR count). The fraction of sp³-hybridized carbons (Fsp3) is 0.485. The van der Waals surface area contributed by atoms with Crippen molar-refractivity contribution in [3.05, 3.63) is 48.3 Å². The first-order valence-electron chi connectivity index (χ1n) is 15.9. The molecule has 0 saturated carbocycles. The highest BCUT2D eigenvalue weighted by Crippen LogP contribution is 2.33. The van der Waals surface area contributed by atoms with Crippen LogP contribution in [-0.4, -0.2) is 120 Å². The summed E-state index contributed by atoms with van der Waals surface area (Å²) >= 11 is 0. The number of likely N-dealkylation sites (tertiary alicyclic amines) is 1. The Morgan fingerprint density at radius 2 is 1.90 bits per heavy atom. The number of amides is 1. The number of carbonyl (C=O) groups is 1. The topological polar surface area (TPSA) is 149 Å². The fourth-order valence-electron chi connectivity index (χ4n) is 6.24. The van der Waals surface area contributed by atoms with Gasteiger partial charge in [-0.2, -0.15) is 10.2 Å². The number of hydrogen-bond donors (Lipinski definition) is 2. The number of aliphatic hydroxyl groups is 1. The molecule has 2 N–H and O–H groups in total. The number of benzene rings is 1. The molecular formula is C33H38F2N8O5. The maximum Gasteiger partial charge on any atom is 0.273 e. The SMILES string of the molecule is COc1nc(Nc2cc(-c3ccc(OC4CCN(C(=O)[C@@H](O)C(F)F)CC4)c(C#N)c3)ncn2)ccc1N1CCN(C2COC2)C[C@H]1C. The third kappa shape index (κ3) is 7.25.